The number of likely N-dealkylation sites (N-methyl/N-ethyl adjacent to an activating group) is 1. The van der Waals surface area contributed by atoms with E-state index in [9.17, 15) is 14.4 Å². The number of esters is 1. The fourth-order valence-corrected chi connectivity index (χ4v) is 3.98. The van der Waals surface area contributed by atoms with E-state index >= 15 is 0 Å². The molecule has 3 heterocycles. The second-order valence-electron chi connectivity index (χ2n) is 7.03. The summed E-state index contributed by atoms with van der Waals surface area (Å²) in [7, 11) is 2.78. The molecule has 1 saturated heterocycles. The van der Waals surface area contributed by atoms with E-state index in [0.717, 1.165) is 22.0 Å². The van der Waals surface area contributed by atoms with Crippen LogP contribution in [0.25, 0.3) is 0 Å². The normalized spacial score (nSPS) is 23.6. The molecule has 0 saturated carbocycles. The Balaban J connectivity index is 1.74. The zero-order valence-corrected chi connectivity index (χ0v) is 17.2. The summed E-state index contributed by atoms with van der Waals surface area (Å²) in [5, 5.41) is 0.615. The lowest BCUT2D eigenvalue weighted by molar-refractivity contribution is -0.148. The average Bonchev–Trinajstić information content (AvgIpc) is 3.20. The molecule has 3 amide bonds. The van der Waals surface area contributed by atoms with Crippen LogP contribution in [0, 0.1) is 0 Å². The molecule has 0 radical (unpaired) electrons. The van der Waals surface area contributed by atoms with Gasteiger partial charge in [0.25, 0.3) is 5.91 Å². The van der Waals surface area contributed by atoms with Crippen molar-refractivity contribution in [2.45, 2.75) is 26.1 Å². The van der Waals surface area contributed by atoms with Crippen LogP contribution in [-0.2, 0) is 14.3 Å². The number of ether oxygens (including phenoxy) is 1. The topological polar surface area (TPSA) is 85.8 Å². The Morgan fingerprint density at radius 3 is 2.45 bits per heavy atom. The largest absolute Gasteiger partial charge is 0.468 e. The summed E-state index contributed by atoms with van der Waals surface area (Å²) >= 11 is 6.01. The van der Waals surface area contributed by atoms with Gasteiger partial charge >= 0.3 is 12.0 Å². The maximum atomic E-state index is 13.2. The van der Waals surface area contributed by atoms with Gasteiger partial charge < -0.3 is 9.64 Å². The van der Waals surface area contributed by atoms with E-state index in [1.807, 2.05) is 35.8 Å². The Hall–Kier alpha value is -3.07. The molecule has 1 fully saturated rings. The number of anilines is 1. The Morgan fingerprint density at radius 2 is 1.83 bits per heavy atom. The smallest absolute Gasteiger partial charge is 0.328 e. The number of rotatable bonds is 3. The van der Waals surface area contributed by atoms with E-state index in [-0.39, 0.29) is 0 Å². The number of carbonyl (C=O) groups excluding carboxylic acids is 3. The zero-order valence-electron chi connectivity index (χ0n) is 16.4. The second-order valence-corrected chi connectivity index (χ2v) is 7.47. The summed E-state index contributed by atoms with van der Waals surface area (Å²) in [5.74, 6) is -0.581. The molecular weight excluding hydrogens is 398 g/mol. The van der Waals surface area contributed by atoms with Crippen molar-refractivity contribution in [1.82, 2.24) is 14.7 Å². The number of imide groups is 1. The van der Waals surface area contributed by atoms with Crippen molar-refractivity contribution in [2.24, 2.45) is 4.99 Å². The molecule has 3 aliphatic rings. The molecule has 1 aromatic rings. The first-order valence-electron chi connectivity index (χ1n) is 9.01. The lowest BCUT2D eigenvalue weighted by Gasteiger charge is -2.40. The van der Waals surface area contributed by atoms with Crippen molar-refractivity contribution in [3.05, 3.63) is 40.7 Å². The van der Waals surface area contributed by atoms with Gasteiger partial charge in [-0.3, -0.25) is 24.3 Å². The van der Waals surface area contributed by atoms with E-state index in [1.54, 1.807) is 19.2 Å². The number of halogens is 1. The van der Waals surface area contributed by atoms with E-state index in [0.29, 0.717) is 11.0 Å². The van der Waals surface area contributed by atoms with Gasteiger partial charge in [0.05, 0.1) is 7.11 Å². The van der Waals surface area contributed by atoms with Gasteiger partial charge in [-0.1, -0.05) is 11.6 Å². The van der Waals surface area contributed by atoms with E-state index in [1.165, 1.54) is 12.0 Å². The Kier molecular flexibility index (Phi) is 4.49. The van der Waals surface area contributed by atoms with Crippen LogP contribution in [0.15, 0.2) is 40.7 Å². The fraction of sp³-hybridized carbons (Fsp3) is 0.368. The molecule has 0 aromatic heterocycles. The van der Waals surface area contributed by atoms with Gasteiger partial charge in [-0.15, -0.1) is 0 Å². The van der Waals surface area contributed by atoms with Crippen LogP contribution >= 0.6 is 11.6 Å². The fourth-order valence-electron chi connectivity index (χ4n) is 3.85. The predicted molar refractivity (Wildman–Crippen MR) is 106 cm³/mol. The standard InChI is InChI=1S/C19H20ClN5O4/c1-10-11(2)25-15-16(21-18(25)24(10)13-7-5-12(20)6-8-13)22(3)19(28)23(17(15)27)9-14(26)29-4/h5-8,15-16H,9H2,1-4H3. The summed E-state index contributed by atoms with van der Waals surface area (Å²) < 4.78 is 4.63. The number of allylic oxidation sites excluding steroid dienone is 2. The summed E-state index contributed by atoms with van der Waals surface area (Å²) in [6.45, 7) is 3.40. The van der Waals surface area contributed by atoms with Crippen molar-refractivity contribution in [2.75, 3.05) is 25.6 Å². The minimum atomic E-state index is -0.746. The molecule has 0 bridgehead atoms. The molecule has 29 heavy (non-hydrogen) atoms. The van der Waals surface area contributed by atoms with Crippen LogP contribution in [0.3, 0.4) is 0 Å². The van der Waals surface area contributed by atoms with Crippen molar-refractivity contribution < 1.29 is 19.1 Å². The first kappa shape index (κ1) is 19.3. The van der Waals surface area contributed by atoms with Gasteiger partial charge in [0.2, 0.25) is 5.96 Å². The van der Waals surface area contributed by atoms with Gasteiger partial charge in [0, 0.05) is 29.2 Å². The third kappa shape index (κ3) is 2.76. The number of hydrogen-bond acceptors (Lipinski definition) is 7. The highest BCUT2D eigenvalue weighted by Gasteiger charge is 2.56. The molecular formula is C19H20ClN5O4. The van der Waals surface area contributed by atoms with Crippen molar-refractivity contribution in [3.8, 4) is 0 Å². The molecule has 2 unspecified atom stereocenters. The van der Waals surface area contributed by atoms with Crippen LogP contribution in [0.1, 0.15) is 13.8 Å². The van der Waals surface area contributed by atoms with Gasteiger partial charge in [0.15, 0.2) is 12.2 Å². The van der Waals surface area contributed by atoms with Gasteiger partial charge in [-0.2, -0.15) is 0 Å². The minimum Gasteiger partial charge on any atom is -0.468 e. The number of methoxy groups -OCH3 is 1. The third-order valence-corrected chi connectivity index (χ3v) is 5.74. The van der Waals surface area contributed by atoms with Crippen LogP contribution in [0.5, 0.6) is 0 Å². The lowest BCUT2D eigenvalue weighted by Crippen LogP contribution is -2.65. The number of guanidine groups is 1. The lowest BCUT2D eigenvalue weighted by atomic mass is 10.1. The minimum absolute atomic E-state index is 0.437. The molecule has 2 atom stereocenters. The molecule has 3 aliphatic heterocycles. The molecule has 4 rings (SSSR count). The highest BCUT2D eigenvalue weighted by atomic mass is 35.5. The summed E-state index contributed by atoms with van der Waals surface area (Å²) in [6, 6.07) is 5.97. The Labute approximate surface area is 172 Å². The highest BCUT2D eigenvalue weighted by Crippen LogP contribution is 2.40. The maximum Gasteiger partial charge on any atom is 0.328 e. The van der Waals surface area contributed by atoms with Gasteiger partial charge in [-0.05, 0) is 38.1 Å². The molecule has 0 N–H and O–H groups in total. The number of carbonyl (C=O) groups is 3. The molecule has 0 aliphatic carbocycles. The van der Waals surface area contributed by atoms with Gasteiger partial charge in [0.1, 0.15) is 6.54 Å². The number of nitrogens with zero attached hydrogens (tertiary/aromatic N) is 5. The quantitative estimate of drug-likeness (QED) is 0.698. The molecule has 1 aromatic carbocycles. The first-order valence-corrected chi connectivity index (χ1v) is 9.39. The number of urea groups is 1. The van der Waals surface area contributed by atoms with Crippen LogP contribution in [0.4, 0.5) is 10.5 Å². The number of aliphatic imine (C=N–C) groups is 1. The maximum absolute atomic E-state index is 13.2. The highest BCUT2D eigenvalue weighted by molar-refractivity contribution is 6.30. The van der Waals surface area contributed by atoms with Crippen LogP contribution in [0.2, 0.25) is 5.02 Å². The monoisotopic (exact) mass is 417 g/mol. The SMILES string of the molecule is COC(=O)CN1C(=O)C2C(N=C3N(c4ccc(Cl)cc4)C(C)=C(C)N32)N(C)C1=O. The van der Waals surface area contributed by atoms with Crippen molar-refractivity contribution >= 4 is 41.2 Å². The number of fused-ring (bicyclic) bond motifs is 3. The summed E-state index contributed by atoms with van der Waals surface area (Å²) in [4.78, 5) is 48.3. The Bertz CT molecular complexity index is 973. The van der Waals surface area contributed by atoms with E-state index < -0.39 is 36.7 Å². The van der Waals surface area contributed by atoms with Crippen molar-refractivity contribution in [1.29, 1.82) is 0 Å². The number of amides is 3. The van der Waals surface area contributed by atoms with Gasteiger partial charge in [-0.25, -0.2) is 9.79 Å². The number of hydrogen-bond donors (Lipinski definition) is 0. The molecule has 10 heteroatoms. The summed E-state index contributed by atoms with van der Waals surface area (Å²) in [6.07, 6.45) is -0.684. The molecule has 9 nitrogen and oxygen atoms in total. The van der Waals surface area contributed by atoms with Crippen molar-refractivity contribution in [3.63, 3.8) is 0 Å². The predicted octanol–water partition coefficient (Wildman–Crippen LogP) is 1.84. The summed E-state index contributed by atoms with van der Waals surface area (Å²) in [5.41, 5.74) is 2.61. The number of benzene rings is 1. The second kappa shape index (κ2) is 6.77. The van der Waals surface area contributed by atoms with E-state index in [4.69, 9.17) is 16.6 Å². The first-order chi connectivity index (χ1) is 13.8. The zero-order chi connectivity index (χ0) is 21.0. The van der Waals surface area contributed by atoms with Crippen LogP contribution in [-0.4, -0.2) is 71.5 Å². The average molecular weight is 418 g/mol. The van der Waals surface area contributed by atoms with E-state index in [2.05, 4.69) is 4.74 Å². The van der Waals surface area contributed by atoms with Crippen LogP contribution < -0.4 is 4.90 Å². The molecule has 0 spiro atoms. The third-order valence-electron chi connectivity index (χ3n) is 5.49. The Morgan fingerprint density at radius 1 is 1.17 bits per heavy atom. The molecule has 152 valence electrons.